The number of methoxy groups -OCH3 is 2. The van der Waals surface area contributed by atoms with Gasteiger partial charge in [0.15, 0.2) is 0 Å². The molecule has 0 saturated heterocycles. The Labute approximate surface area is 189 Å². The number of aromatic nitrogens is 4. The van der Waals surface area contributed by atoms with Gasteiger partial charge in [-0.15, -0.1) is 0 Å². The number of esters is 2. The zero-order chi connectivity index (χ0) is 24.6. The standard InChI is InChI=1S/C22H25N5O6/c1-9-15(21(30)32-6)12(4)23-17(9)19(28)25-14-8-27(26-11(14)3)20(29)18-10(2)16(13(5)24-18)22(31)33-7/h8,23-24H,1-7H3,(H,25,28). The lowest BCUT2D eigenvalue weighted by atomic mass is 10.1. The van der Waals surface area contributed by atoms with Gasteiger partial charge in [0, 0.05) is 11.4 Å². The van der Waals surface area contributed by atoms with Crippen LogP contribution >= 0.6 is 0 Å². The molecule has 3 aromatic rings. The SMILES string of the molecule is COC(=O)c1c(C)[nH]c(C(=O)Nc2cn(C(=O)c3[nH]c(C)c(C(=O)OC)c3C)nc2C)c1C. The fourth-order valence-corrected chi connectivity index (χ4v) is 3.74. The van der Waals surface area contributed by atoms with Crippen molar-refractivity contribution in [3.05, 3.63) is 56.9 Å². The van der Waals surface area contributed by atoms with E-state index in [-0.39, 0.29) is 17.0 Å². The maximum absolute atomic E-state index is 13.0. The van der Waals surface area contributed by atoms with Crippen LogP contribution in [-0.2, 0) is 9.47 Å². The van der Waals surface area contributed by atoms with Gasteiger partial charge in [-0.25, -0.2) is 14.3 Å². The summed E-state index contributed by atoms with van der Waals surface area (Å²) in [6.07, 6.45) is 1.38. The smallest absolute Gasteiger partial charge is 0.339 e. The molecular formula is C22H25N5O6. The van der Waals surface area contributed by atoms with Gasteiger partial charge in [-0.05, 0) is 45.7 Å². The van der Waals surface area contributed by atoms with Crippen LogP contribution < -0.4 is 5.32 Å². The second-order valence-electron chi connectivity index (χ2n) is 7.57. The molecule has 3 rings (SSSR count). The zero-order valence-electron chi connectivity index (χ0n) is 19.4. The number of aromatic amines is 2. The molecule has 0 bridgehead atoms. The first-order valence-electron chi connectivity index (χ1n) is 9.99. The largest absolute Gasteiger partial charge is 0.465 e. The Kier molecular flexibility index (Phi) is 6.25. The van der Waals surface area contributed by atoms with E-state index >= 15 is 0 Å². The Morgan fingerprint density at radius 3 is 1.85 bits per heavy atom. The van der Waals surface area contributed by atoms with Crippen LogP contribution in [0.25, 0.3) is 0 Å². The van der Waals surface area contributed by atoms with Gasteiger partial charge in [-0.3, -0.25) is 9.59 Å². The summed E-state index contributed by atoms with van der Waals surface area (Å²) in [5, 5.41) is 6.91. The topological polar surface area (TPSA) is 148 Å². The van der Waals surface area contributed by atoms with Gasteiger partial charge in [0.05, 0.1) is 42.9 Å². The lowest BCUT2D eigenvalue weighted by molar-refractivity contribution is 0.0590. The minimum absolute atomic E-state index is 0.187. The molecule has 0 aliphatic carbocycles. The van der Waals surface area contributed by atoms with E-state index in [2.05, 4.69) is 20.4 Å². The van der Waals surface area contributed by atoms with Crippen molar-refractivity contribution in [2.45, 2.75) is 34.6 Å². The first kappa shape index (κ1) is 23.5. The second-order valence-corrected chi connectivity index (χ2v) is 7.57. The summed E-state index contributed by atoms with van der Waals surface area (Å²) in [5.74, 6) is -2.10. The van der Waals surface area contributed by atoms with Crippen molar-refractivity contribution in [1.29, 1.82) is 0 Å². The van der Waals surface area contributed by atoms with E-state index in [4.69, 9.17) is 9.47 Å². The van der Waals surface area contributed by atoms with Gasteiger partial charge < -0.3 is 24.8 Å². The highest BCUT2D eigenvalue weighted by Crippen LogP contribution is 2.23. The van der Waals surface area contributed by atoms with Crippen molar-refractivity contribution in [3.8, 4) is 0 Å². The van der Waals surface area contributed by atoms with Gasteiger partial charge in [0.25, 0.3) is 11.8 Å². The van der Waals surface area contributed by atoms with E-state index in [9.17, 15) is 19.2 Å². The summed E-state index contributed by atoms with van der Waals surface area (Å²) in [7, 11) is 2.53. The van der Waals surface area contributed by atoms with Gasteiger partial charge in [0.1, 0.15) is 11.4 Å². The van der Waals surface area contributed by atoms with Gasteiger partial charge in [0.2, 0.25) is 0 Å². The normalized spacial score (nSPS) is 10.8. The highest BCUT2D eigenvalue weighted by molar-refractivity contribution is 6.07. The Balaban J connectivity index is 1.89. The average Bonchev–Trinajstić information content (AvgIpc) is 3.39. The maximum atomic E-state index is 13.0. The molecule has 0 aromatic carbocycles. The third kappa shape index (κ3) is 4.04. The fraction of sp³-hybridized carbons (Fsp3) is 0.318. The lowest BCUT2D eigenvalue weighted by Crippen LogP contribution is -2.15. The molecule has 3 heterocycles. The number of hydrogen-bond acceptors (Lipinski definition) is 7. The number of rotatable bonds is 5. The van der Waals surface area contributed by atoms with Crippen molar-refractivity contribution >= 4 is 29.4 Å². The van der Waals surface area contributed by atoms with E-state index in [1.807, 2.05) is 0 Å². The predicted molar refractivity (Wildman–Crippen MR) is 118 cm³/mol. The van der Waals surface area contributed by atoms with Crippen molar-refractivity contribution in [1.82, 2.24) is 19.7 Å². The molecule has 0 saturated carbocycles. The Morgan fingerprint density at radius 1 is 0.848 bits per heavy atom. The molecule has 11 nitrogen and oxygen atoms in total. The lowest BCUT2D eigenvalue weighted by Gasteiger charge is -2.03. The zero-order valence-corrected chi connectivity index (χ0v) is 19.4. The third-order valence-corrected chi connectivity index (χ3v) is 5.45. The molecule has 3 aromatic heterocycles. The van der Waals surface area contributed by atoms with Crippen LogP contribution in [0.15, 0.2) is 6.20 Å². The van der Waals surface area contributed by atoms with E-state index in [1.165, 1.54) is 20.4 Å². The Hall–Kier alpha value is -4.15. The molecule has 0 aliphatic rings. The third-order valence-electron chi connectivity index (χ3n) is 5.45. The van der Waals surface area contributed by atoms with Gasteiger partial charge in [-0.1, -0.05) is 0 Å². The van der Waals surface area contributed by atoms with E-state index in [0.717, 1.165) is 4.68 Å². The van der Waals surface area contributed by atoms with Crippen LogP contribution in [0, 0.1) is 34.6 Å². The number of amides is 1. The number of carbonyl (C=O) groups is 4. The Morgan fingerprint density at radius 2 is 1.33 bits per heavy atom. The molecule has 174 valence electrons. The molecular weight excluding hydrogens is 430 g/mol. The fourth-order valence-electron chi connectivity index (χ4n) is 3.74. The van der Waals surface area contributed by atoms with Crippen LogP contribution in [0.1, 0.15) is 69.9 Å². The average molecular weight is 455 g/mol. The molecule has 0 fully saturated rings. The van der Waals surface area contributed by atoms with E-state index in [0.29, 0.717) is 39.5 Å². The molecule has 0 spiro atoms. The molecule has 33 heavy (non-hydrogen) atoms. The highest BCUT2D eigenvalue weighted by atomic mass is 16.5. The van der Waals surface area contributed by atoms with Crippen LogP contribution in [0.2, 0.25) is 0 Å². The minimum atomic E-state index is -0.548. The first-order chi connectivity index (χ1) is 15.5. The maximum Gasteiger partial charge on any atom is 0.339 e. The molecule has 0 atom stereocenters. The van der Waals surface area contributed by atoms with E-state index in [1.54, 1.807) is 34.6 Å². The molecule has 11 heteroatoms. The summed E-state index contributed by atoms with van der Waals surface area (Å²) in [6, 6.07) is 0. The van der Waals surface area contributed by atoms with Crippen LogP contribution in [0.4, 0.5) is 5.69 Å². The Bertz CT molecular complexity index is 1290. The first-order valence-corrected chi connectivity index (χ1v) is 9.99. The monoisotopic (exact) mass is 455 g/mol. The minimum Gasteiger partial charge on any atom is -0.465 e. The molecule has 1 amide bonds. The summed E-state index contributed by atoms with van der Waals surface area (Å²) in [5.41, 5.74) is 3.58. The number of anilines is 1. The summed E-state index contributed by atoms with van der Waals surface area (Å²) >= 11 is 0. The number of nitrogens with one attached hydrogen (secondary N) is 3. The molecule has 3 N–H and O–H groups in total. The van der Waals surface area contributed by atoms with Crippen molar-refractivity contribution in [3.63, 3.8) is 0 Å². The second kappa shape index (κ2) is 8.77. The summed E-state index contributed by atoms with van der Waals surface area (Å²) in [4.78, 5) is 55.7. The number of aryl methyl sites for hydroxylation is 3. The van der Waals surface area contributed by atoms with Gasteiger partial charge >= 0.3 is 11.9 Å². The highest BCUT2D eigenvalue weighted by Gasteiger charge is 2.26. The number of nitrogens with zero attached hydrogens (tertiary/aromatic N) is 2. The van der Waals surface area contributed by atoms with Crippen LogP contribution in [0.3, 0.4) is 0 Å². The molecule has 0 unspecified atom stereocenters. The summed E-state index contributed by atoms with van der Waals surface area (Å²) < 4.78 is 10.6. The van der Waals surface area contributed by atoms with E-state index < -0.39 is 23.8 Å². The quantitative estimate of drug-likeness (QED) is 0.501. The van der Waals surface area contributed by atoms with Crippen molar-refractivity contribution < 1.29 is 28.7 Å². The number of carbonyl (C=O) groups excluding carboxylic acids is 4. The molecule has 0 aliphatic heterocycles. The van der Waals surface area contributed by atoms with Crippen molar-refractivity contribution in [2.75, 3.05) is 19.5 Å². The number of hydrogen-bond donors (Lipinski definition) is 3. The van der Waals surface area contributed by atoms with Crippen LogP contribution in [-0.4, -0.2) is 57.7 Å². The predicted octanol–water partition coefficient (Wildman–Crippen LogP) is 2.60. The number of H-pyrrole nitrogens is 2. The summed E-state index contributed by atoms with van der Waals surface area (Å²) in [6.45, 7) is 8.25. The van der Waals surface area contributed by atoms with Gasteiger partial charge in [-0.2, -0.15) is 5.10 Å². The van der Waals surface area contributed by atoms with Crippen molar-refractivity contribution in [2.24, 2.45) is 0 Å². The van der Waals surface area contributed by atoms with Crippen LogP contribution in [0.5, 0.6) is 0 Å². The number of ether oxygens (including phenoxy) is 2. The molecule has 0 radical (unpaired) electrons.